The number of hydrazine groups is 1. The Hall–Kier alpha value is -3.14. The number of nitrogens with one attached hydrogen (secondary N) is 3. The maximum Gasteiger partial charge on any atom is 0.449 e. The molecule has 1 aromatic heterocycles. The number of benzene rings is 2. The number of anilines is 1. The van der Waals surface area contributed by atoms with E-state index in [2.05, 4.69) is 21.2 Å². The first-order valence-electron chi connectivity index (χ1n) is 7.78. The third-order valence-electron chi connectivity index (χ3n) is 3.56. The van der Waals surface area contributed by atoms with Crippen LogP contribution in [0.5, 0.6) is 0 Å². The number of halogens is 3. The van der Waals surface area contributed by atoms with Gasteiger partial charge in [0.25, 0.3) is 5.91 Å². The number of carbonyl (C=O) groups is 1. The molecular formula is C17H14F3N5OS. The third kappa shape index (κ3) is 4.53. The number of rotatable bonds is 3. The number of alkyl halides is 3. The van der Waals surface area contributed by atoms with Gasteiger partial charge >= 0.3 is 6.18 Å². The van der Waals surface area contributed by atoms with Gasteiger partial charge < -0.3 is 9.88 Å². The fraction of sp³-hybridized carbons (Fsp3) is 0.118. The van der Waals surface area contributed by atoms with Crippen LogP contribution >= 0.6 is 12.2 Å². The van der Waals surface area contributed by atoms with Crippen molar-refractivity contribution in [3.05, 3.63) is 60.4 Å². The number of hydrogen-bond donors (Lipinski definition) is 3. The van der Waals surface area contributed by atoms with Gasteiger partial charge in [0, 0.05) is 5.69 Å². The van der Waals surface area contributed by atoms with Gasteiger partial charge in [0.2, 0.25) is 5.82 Å². The number of imidazole rings is 1. The standard InChI is InChI=1S/C17H14F3N5OS/c18-17(19,20)15-22-12-8-4-5-9-13(12)25(15)10-14(26)23-24-16(27)21-11-6-2-1-3-7-11/h1-9H,10H2,(H,23,26)(H2,21,24,27). The lowest BCUT2D eigenvalue weighted by Gasteiger charge is -2.14. The van der Waals surface area contributed by atoms with E-state index >= 15 is 0 Å². The van der Waals surface area contributed by atoms with Crippen molar-refractivity contribution in [1.82, 2.24) is 20.4 Å². The molecular weight excluding hydrogens is 379 g/mol. The molecule has 0 unspecified atom stereocenters. The van der Waals surface area contributed by atoms with Crippen LogP contribution in [0.15, 0.2) is 54.6 Å². The fourth-order valence-electron chi connectivity index (χ4n) is 2.45. The number of thiocarbonyl (C=S) groups is 1. The Bertz CT molecular complexity index is 972. The summed E-state index contributed by atoms with van der Waals surface area (Å²) >= 11 is 5.03. The van der Waals surface area contributed by atoms with Crippen LogP contribution in [0.4, 0.5) is 18.9 Å². The zero-order valence-electron chi connectivity index (χ0n) is 13.7. The average molecular weight is 393 g/mol. The molecule has 0 radical (unpaired) electrons. The number of para-hydroxylation sites is 3. The second kappa shape index (κ2) is 7.62. The highest BCUT2D eigenvalue weighted by Crippen LogP contribution is 2.31. The summed E-state index contributed by atoms with van der Waals surface area (Å²) in [7, 11) is 0. The molecule has 1 heterocycles. The second-order valence-electron chi connectivity index (χ2n) is 5.50. The minimum Gasteiger partial charge on any atom is -0.331 e. The molecule has 0 saturated heterocycles. The van der Waals surface area contributed by atoms with Crippen molar-refractivity contribution in [2.24, 2.45) is 0 Å². The summed E-state index contributed by atoms with van der Waals surface area (Å²) in [5, 5.41) is 2.93. The maximum absolute atomic E-state index is 13.2. The molecule has 0 atom stereocenters. The number of hydrogen-bond acceptors (Lipinski definition) is 3. The van der Waals surface area contributed by atoms with Crippen molar-refractivity contribution in [3.63, 3.8) is 0 Å². The van der Waals surface area contributed by atoms with Gasteiger partial charge in [0.05, 0.1) is 11.0 Å². The number of nitrogens with zero attached hydrogens (tertiary/aromatic N) is 2. The predicted molar refractivity (Wildman–Crippen MR) is 98.7 cm³/mol. The van der Waals surface area contributed by atoms with E-state index in [1.807, 2.05) is 6.07 Å². The Morgan fingerprint density at radius 1 is 1.04 bits per heavy atom. The Labute approximate surface area is 157 Å². The molecule has 0 aliphatic carbocycles. The summed E-state index contributed by atoms with van der Waals surface area (Å²) in [5.41, 5.74) is 5.80. The SMILES string of the molecule is O=C(Cn1c(C(F)(F)F)nc2ccccc21)NNC(=S)Nc1ccccc1. The molecule has 0 spiro atoms. The summed E-state index contributed by atoms with van der Waals surface area (Å²) in [4.78, 5) is 15.7. The van der Waals surface area contributed by atoms with Crippen LogP contribution in [-0.2, 0) is 17.5 Å². The molecule has 6 nitrogen and oxygen atoms in total. The Balaban J connectivity index is 1.68. The third-order valence-corrected chi connectivity index (χ3v) is 3.76. The van der Waals surface area contributed by atoms with E-state index in [9.17, 15) is 18.0 Å². The quantitative estimate of drug-likeness (QED) is 0.471. The van der Waals surface area contributed by atoms with Gasteiger partial charge in [0.1, 0.15) is 6.54 Å². The van der Waals surface area contributed by atoms with Crippen molar-refractivity contribution in [2.45, 2.75) is 12.7 Å². The van der Waals surface area contributed by atoms with Gasteiger partial charge in [0.15, 0.2) is 5.11 Å². The van der Waals surface area contributed by atoms with Crippen molar-refractivity contribution in [3.8, 4) is 0 Å². The smallest absolute Gasteiger partial charge is 0.331 e. The minimum absolute atomic E-state index is 0.0982. The van der Waals surface area contributed by atoms with E-state index in [0.29, 0.717) is 5.69 Å². The maximum atomic E-state index is 13.2. The highest BCUT2D eigenvalue weighted by atomic mass is 32.1. The summed E-state index contributed by atoms with van der Waals surface area (Å²) in [6.07, 6.45) is -4.68. The van der Waals surface area contributed by atoms with Crippen LogP contribution in [0.2, 0.25) is 0 Å². The molecule has 3 N–H and O–H groups in total. The first kappa shape index (κ1) is 18.6. The topological polar surface area (TPSA) is 71.0 Å². The average Bonchev–Trinajstić information content (AvgIpc) is 3.00. The van der Waals surface area contributed by atoms with E-state index in [4.69, 9.17) is 12.2 Å². The summed E-state index contributed by atoms with van der Waals surface area (Å²) in [6.45, 7) is -0.573. The summed E-state index contributed by atoms with van der Waals surface area (Å²) in [5.74, 6) is -1.84. The lowest BCUT2D eigenvalue weighted by Crippen LogP contribution is -2.45. The molecule has 0 aliphatic rings. The lowest BCUT2D eigenvalue weighted by molar-refractivity contribution is -0.147. The van der Waals surface area contributed by atoms with E-state index in [1.165, 1.54) is 12.1 Å². The fourth-order valence-corrected chi connectivity index (χ4v) is 2.61. The van der Waals surface area contributed by atoms with Gasteiger partial charge in [-0.3, -0.25) is 15.6 Å². The van der Waals surface area contributed by atoms with Crippen LogP contribution in [0, 0.1) is 0 Å². The molecule has 10 heteroatoms. The molecule has 0 fully saturated rings. The Morgan fingerprint density at radius 3 is 2.41 bits per heavy atom. The van der Waals surface area contributed by atoms with Gasteiger partial charge in [-0.25, -0.2) is 4.98 Å². The zero-order chi connectivity index (χ0) is 19.4. The van der Waals surface area contributed by atoms with E-state index in [1.54, 1.807) is 36.4 Å². The Morgan fingerprint density at radius 2 is 1.70 bits per heavy atom. The Kier molecular flexibility index (Phi) is 5.26. The summed E-state index contributed by atoms with van der Waals surface area (Å²) < 4.78 is 40.5. The first-order valence-corrected chi connectivity index (χ1v) is 8.19. The largest absolute Gasteiger partial charge is 0.449 e. The van der Waals surface area contributed by atoms with Crippen LogP contribution in [-0.4, -0.2) is 20.6 Å². The second-order valence-corrected chi connectivity index (χ2v) is 5.91. The van der Waals surface area contributed by atoms with Crippen molar-refractivity contribution in [1.29, 1.82) is 0 Å². The van der Waals surface area contributed by atoms with Crippen LogP contribution < -0.4 is 16.2 Å². The minimum atomic E-state index is -4.68. The molecule has 140 valence electrons. The number of aromatic nitrogens is 2. The lowest BCUT2D eigenvalue weighted by atomic mass is 10.3. The normalized spacial score (nSPS) is 11.2. The van der Waals surface area contributed by atoms with Crippen molar-refractivity contribution >= 4 is 40.0 Å². The van der Waals surface area contributed by atoms with E-state index < -0.39 is 24.5 Å². The molecule has 1 amide bonds. The molecule has 0 aliphatic heterocycles. The highest BCUT2D eigenvalue weighted by molar-refractivity contribution is 7.80. The first-order chi connectivity index (χ1) is 12.8. The van der Waals surface area contributed by atoms with Gasteiger partial charge in [-0.05, 0) is 36.5 Å². The molecule has 0 saturated carbocycles. The van der Waals surface area contributed by atoms with Crippen molar-refractivity contribution < 1.29 is 18.0 Å². The van der Waals surface area contributed by atoms with Gasteiger partial charge in [-0.2, -0.15) is 13.2 Å². The highest BCUT2D eigenvalue weighted by Gasteiger charge is 2.37. The van der Waals surface area contributed by atoms with Crippen LogP contribution in [0.1, 0.15) is 5.82 Å². The zero-order valence-corrected chi connectivity index (χ0v) is 14.6. The predicted octanol–water partition coefficient (Wildman–Crippen LogP) is 3.07. The summed E-state index contributed by atoms with van der Waals surface area (Å²) in [6, 6.07) is 15.0. The molecule has 3 rings (SSSR count). The molecule has 3 aromatic rings. The van der Waals surface area contributed by atoms with Gasteiger partial charge in [-0.15, -0.1) is 0 Å². The number of fused-ring (bicyclic) bond motifs is 1. The van der Waals surface area contributed by atoms with Crippen LogP contribution in [0.25, 0.3) is 11.0 Å². The number of amides is 1. The monoisotopic (exact) mass is 393 g/mol. The van der Waals surface area contributed by atoms with E-state index in [0.717, 1.165) is 4.57 Å². The molecule has 27 heavy (non-hydrogen) atoms. The number of carbonyl (C=O) groups excluding carboxylic acids is 1. The molecule has 2 aromatic carbocycles. The van der Waals surface area contributed by atoms with Gasteiger partial charge in [-0.1, -0.05) is 30.3 Å². The molecule has 0 bridgehead atoms. The van der Waals surface area contributed by atoms with Crippen molar-refractivity contribution in [2.75, 3.05) is 5.32 Å². The van der Waals surface area contributed by atoms with Crippen LogP contribution in [0.3, 0.4) is 0 Å². The van der Waals surface area contributed by atoms with E-state index in [-0.39, 0.29) is 16.1 Å².